The van der Waals surface area contributed by atoms with Gasteiger partial charge in [-0.1, -0.05) is 34.1 Å². The second-order valence-corrected chi connectivity index (χ2v) is 7.10. The standard InChI is InChI=1S/C20H15BrN2O2S/c1-24-18-8-3-13(10-19(18)25-2)9-15(11-22)20-23-17(12-26-20)14-4-6-16(21)7-5-14/h3-10,12H,1-2H3. The van der Waals surface area contributed by atoms with E-state index >= 15 is 0 Å². The summed E-state index contributed by atoms with van der Waals surface area (Å²) in [6.07, 6.45) is 1.80. The first kappa shape index (κ1) is 18.2. The fraction of sp³-hybridized carbons (Fsp3) is 0.100. The van der Waals surface area contributed by atoms with Crippen molar-refractivity contribution in [3.8, 4) is 28.8 Å². The second kappa shape index (κ2) is 8.17. The molecule has 0 fully saturated rings. The molecule has 3 rings (SSSR count). The number of rotatable bonds is 5. The monoisotopic (exact) mass is 426 g/mol. The maximum absolute atomic E-state index is 9.57. The number of methoxy groups -OCH3 is 2. The average Bonchev–Trinajstić information content (AvgIpc) is 3.16. The van der Waals surface area contributed by atoms with Crippen molar-refractivity contribution in [2.75, 3.05) is 14.2 Å². The van der Waals surface area contributed by atoms with Gasteiger partial charge in [0.05, 0.1) is 25.5 Å². The molecular formula is C20H15BrN2O2S. The maximum atomic E-state index is 9.57. The highest BCUT2D eigenvalue weighted by Gasteiger charge is 2.10. The summed E-state index contributed by atoms with van der Waals surface area (Å²) in [5.41, 5.74) is 3.22. The summed E-state index contributed by atoms with van der Waals surface area (Å²) < 4.78 is 11.6. The van der Waals surface area contributed by atoms with Crippen LogP contribution in [-0.2, 0) is 0 Å². The summed E-state index contributed by atoms with van der Waals surface area (Å²) in [5, 5.41) is 12.2. The highest BCUT2D eigenvalue weighted by molar-refractivity contribution is 9.10. The molecule has 1 heterocycles. The van der Waals surface area contributed by atoms with E-state index in [0.717, 1.165) is 21.3 Å². The van der Waals surface area contributed by atoms with Gasteiger partial charge in [0.25, 0.3) is 0 Å². The van der Waals surface area contributed by atoms with E-state index in [0.29, 0.717) is 22.1 Å². The number of benzene rings is 2. The van der Waals surface area contributed by atoms with Gasteiger partial charge in [0, 0.05) is 15.4 Å². The van der Waals surface area contributed by atoms with Crippen LogP contribution in [0, 0.1) is 11.3 Å². The number of halogens is 1. The fourth-order valence-corrected chi connectivity index (χ4v) is 3.46. The minimum atomic E-state index is 0.505. The lowest BCUT2D eigenvalue weighted by Crippen LogP contribution is -1.91. The third-order valence-electron chi connectivity index (χ3n) is 3.71. The van der Waals surface area contributed by atoms with E-state index in [9.17, 15) is 5.26 Å². The van der Waals surface area contributed by atoms with E-state index in [1.807, 2.05) is 47.8 Å². The Balaban J connectivity index is 1.93. The molecule has 0 unspecified atom stereocenters. The van der Waals surface area contributed by atoms with Crippen molar-refractivity contribution in [1.29, 1.82) is 5.26 Å². The van der Waals surface area contributed by atoms with E-state index in [-0.39, 0.29) is 0 Å². The molecule has 0 saturated heterocycles. The topological polar surface area (TPSA) is 55.1 Å². The summed E-state index contributed by atoms with van der Waals surface area (Å²) in [7, 11) is 3.18. The van der Waals surface area contributed by atoms with Crippen LogP contribution in [0.1, 0.15) is 10.6 Å². The van der Waals surface area contributed by atoms with Crippen molar-refractivity contribution in [2.24, 2.45) is 0 Å². The first-order chi connectivity index (χ1) is 12.6. The largest absolute Gasteiger partial charge is 0.493 e. The minimum absolute atomic E-state index is 0.505. The third-order valence-corrected chi connectivity index (χ3v) is 5.12. The number of ether oxygens (including phenoxy) is 2. The van der Waals surface area contributed by atoms with Crippen LogP contribution >= 0.6 is 27.3 Å². The first-order valence-corrected chi connectivity index (χ1v) is 9.37. The van der Waals surface area contributed by atoms with Gasteiger partial charge in [0.15, 0.2) is 11.5 Å². The van der Waals surface area contributed by atoms with Crippen LogP contribution in [-0.4, -0.2) is 19.2 Å². The van der Waals surface area contributed by atoms with Crippen LogP contribution in [0.3, 0.4) is 0 Å². The number of hydrogen-bond donors (Lipinski definition) is 0. The Kier molecular flexibility index (Phi) is 5.71. The lowest BCUT2D eigenvalue weighted by molar-refractivity contribution is 0.355. The number of nitriles is 1. The van der Waals surface area contributed by atoms with Crippen LogP contribution < -0.4 is 9.47 Å². The number of aromatic nitrogens is 1. The molecule has 0 N–H and O–H groups in total. The van der Waals surface area contributed by atoms with E-state index < -0.39 is 0 Å². The average molecular weight is 427 g/mol. The number of nitrogens with zero attached hydrogens (tertiary/aromatic N) is 2. The van der Waals surface area contributed by atoms with Crippen LogP contribution in [0.15, 0.2) is 52.3 Å². The molecule has 130 valence electrons. The van der Waals surface area contributed by atoms with Gasteiger partial charge in [-0.25, -0.2) is 4.98 Å². The van der Waals surface area contributed by atoms with Gasteiger partial charge >= 0.3 is 0 Å². The van der Waals surface area contributed by atoms with Gasteiger partial charge in [-0.15, -0.1) is 11.3 Å². The molecule has 0 aliphatic rings. The van der Waals surface area contributed by atoms with Crippen molar-refractivity contribution in [2.45, 2.75) is 0 Å². The van der Waals surface area contributed by atoms with Gasteiger partial charge in [-0.3, -0.25) is 0 Å². The predicted octanol–water partition coefficient (Wildman–Crippen LogP) is 5.65. The zero-order valence-corrected chi connectivity index (χ0v) is 16.6. The predicted molar refractivity (Wildman–Crippen MR) is 108 cm³/mol. The molecule has 2 aromatic carbocycles. The van der Waals surface area contributed by atoms with Crippen LogP contribution in [0.25, 0.3) is 22.9 Å². The Bertz CT molecular complexity index is 988. The minimum Gasteiger partial charge on any atom is -0.493 e. The smallest absolute Gasteiger partial charge is 0.161 e. The van der Waals surface area contributed by atoms with Gasteiger partial charge in [0.2, 0.25) is 0 Å². The second-order valence-electron chi connectivity index (χ2n) is 5.33. The van der Waals surface area contributed by atoms with Crippen molar-refractivity contribution in [3.05, 3.63) is 62.9 Å². The third kappa shape index (κ3) is 3.96. The zero-order chi connectivity index (χ0) is 18.5. The molecule has 1 aromatic heterocycles. The fourth-order valence-electron chi connectivity index (χ4n) is 2.40. The lowest BCUT2D eigenvalue weighted by Gasteiger charge is -2.07. The summed E-state index contributed by atoms with van der Waals surface area (Å²) in [6.45, 7) is 0. The molecule has 0 amide bonds. The lowest BCUT2D eigenvalue weighted by atomic mass is 10.1. The molecule has 4 nitrogen and oxygen atoms in total. The highest BCUT2D eigenvalue weighted by atomic mass is 79.9. The molecule has 3 aromatic rings. The number of allylic oxidation sites excluding steroid dienone is 1. The first-order valence-electron chi connectivity index (χ1n) is 7.70. The summed E-state index contributed by atoms with van der Waals surface area (Å²) in [4.78, 5) is 4.61. The van der Waals surface area contributed by atoms with E-state index in [1.54, 1.807) is 20.3 Å². The van der Waals surface area contributed by atoms with Gasteiger partial charge in [0.1, 0.15) is 11.1 Å². The maximum Gasteiger partial charge on any atom is 0.161 e. The normalized spacial score (nSPS) is 11.1. The molecule has 0 bridgehead atoms. The van der Waals surface area contributed by atoms with E-state index in [4.69, 9.17) is 9.47 Å². The molecule has 0 saturated carbocycles. The number of hydrogen-bond acceptors (Lipinski definition) is 5. The molecule has 0 atom stereocenters. The van der Waals surface area contributed by atoms with Crippen molar-refractivity contribution in [3.63, 3.8) is 0 Å². The molecular weight excluding hydrogens is 412 g/mol. The van der Waals surface area contributed by atoms with Gasteiger partial charge in [-0.2, -0.15) is 5.26 Å². The molecule has 6 heteroatoms. The van der Waals surface area contributed by atoms with Gasteiger partial charge in [-0.05, 0) is 35.9 Å². The summed E-state index contributed by atoms with van der Waals surface area (Å²) in [5.74, 6) is 1.27. The SMILES string of the molecule is COc1ccc(C=C(C#N)c2nc(-c3ccc(Br)cc3)cs2)cc1OC. The molecule has 0 radical (unpaired) electrons. The molecule has 0 aliphatic heterocycles. The van der Waals surface area contributed by atoms with E-state index in [2.05, 4.69) is 27.0 Å². The van der Waals surface area contributed by atoms with Gasteiger partial charge < -0.3 is 9.47 Å². The van der Waals surface area contributed by atoms with Crippen LogP contribution in [0.2, 0.25) is 0 Å². The molecule has 0 spiro atoms. The van der Waals surface area contributed by atoms with E-state index in [1.165, 1.54) is 11.3 Å². The Morgan fingerprint density at radius 3 is 2.50 bits per heavy atom. The Hall–Kier alpha value is -2.62. The number of thiazole rings is 1. The zero-order valence-electron chi connectivity index (χ0n) is 14.2. The molecule has 26 heavy (non-hydrogen) atoms. The van der Waals surface area contributed by atoms with Crippen LogP contribution in [0.4, 0.5) is 0 Å². The van der Waals surface area contributed by atoms with Crippen molar-refractivity contribution in [1.82, 2.24) is 4.98 Å². The Morgan fingerprint density at radius 1 is 1.12 bits per heavy atom. The highest BCUT2D eigenvalue weighted by Crippen LogP contribution is 2.31. The van der Waals surface area contributed by atoms with Crippen LogP contribution in [0.5, 0.6) is 11.5 Å². The summed E-state index contributed by atoms with van der Waals surface area (Å²) >= 11 is 4.88. The quantitative estimate of drug-likeness (QED) is 0.494. The van der Waals surface area contributed by atoms with Crippen molar-refractivity contribution < 1.29 is 9.47 Å². The summed E-state index contributed by atoms with van der Waals surface area (Å²) in [6, 6.07) is 15.7. The Morgan fingerprint density at radius 2 is 1.85 bits per heavy atom. The Labute approximate surface area is 164 Å². The van der Waals surface area contributed by atoms with Crippen molar-refractivity contribution >= 4 is 38.9 Å². The molecule has 0 aliphatic carbocycles.